The Morgan fingerprint density at radius 2 is 0.913 bits per heavy atom. The Bertz CT molecular complexity index is 1660. The molecule has 0 radical (unpaired) electrons. The van der Waals surface area contributed by atoms with Crippen molar-refractivity contribution in [3.63, 3.8) is 0 Å². The van der Waals surface area contributed by atoms with Gasteiger partial charge in [0, 0.05) is 0 Å². The van der Waals surface area contributed by atoms with Crippen molar-refractivity contribution < 1.29 is 25.8 Å². The molecule has 0 atom stereocenters. The van der Waals surface area contributed by atoms with E-state index in [1.165, 1.54) is 106 Å². The number of aryl methyl sites for hydroxylation is 2. The van der Waals surface area contributed by atoms with Crippen LogP contribution in [0.4, 0.5) is 0 Å². The van der Waals surface area contributed by atoms with Gasteiger partial charge in [-0.25, -0.2) is 0 Å². The zero-order valence-corrected chi connectivity index (χ0v) is 33.6. The summed E-state index contributed by atoms with van der Waals surface area (Å²) in [5.41, 5.74) is 7.99. The largest absolute Gasteiger partial charge is 4.00 e. The summed E-state index contributed by atoms with van der Waals surface area (Å²) < 4.78 is 0. The van der Waals surface area contributed by atoms with Gasteiger partial charge in [0.15, 0.2) is 0 Å². The number of fused-ring (bicyclic) bond motifs is 2. The van der Waals surface area contributed by atoms with Crippen molar-refractivity contribution in [3.05, 3.63) is 135 Å². The summed E-state index contributed by atoms with van der Waals surface area (Å²) in [6.07, 6.45) is 7.78. The first-order chi connectivity index (χ1) is 21.0. The Hall–Kier alpha value is -2.81. The van der Waals surface area contributed by atoms with Crippen molar-refractivity contribution in [2.24, 2.45) is 0 Å². The third kappa shape index (κ3) is 7.66. The van der Waals surface area contributed by atoms with E-state index in [1.807, 2.05) is 0 Å². The topological polar surface area (TPSA) is 0 Å². The summed E-state index contributed by atoms with van der Waals surface area (Å²) in [5, 5.41) is 8.91. The summed E-state index contributed by atoms with van der Waals surface area (Å²) in [6, 6.07) is 45.0. The van der Waals surface area contributed by atoms with Crippen LogP contribution in [-0.2, 0) is 25.8 Å². The Morgan fingerprint density at radius 3 is 1.28 bits per heavy atom. The first-order valence-electron chi connectivity index (χ1n) is 16.6. The van der Waals surface area contributed by atoms with Gasteiger partial charge < -0.3 is 14.9 Å². The van der Waals surface area contributed by atoms with E-state index in [-0.39, 0.29) is 40.7 Å². The predicted molar refractivity (Wildman–Crippen MR) is 206 cm³/mol. The second-order valence-electron chi connectivity index (χ2n) is 12.8. The van der Waals surface area contributed by atoms with Crippen LogP contribution in [0.3, 0.4) is 0 Å². The van der Waals surface area contributed by atoms with Crippen LogP contribution in [0, 0.1) is 28.7 Å². The molecular formula is C44H52HfSi. The molecule has 0 amide bonds. The van der Waals surface area contributed by atoms with E-state index in [4.69, 9.17) is 0 Å². The second-order valence-corrected chi connectivity index (χ2v) is 17.2. The first kappa shape index (κ1) is 37.6. The molecule has 46 heavy (non-hydrogen) atoms. The van der Waals surface area contributed by atoms with E-state index in [9.17, 15) is 0 Å². The van der Waals surface area contributed by atoms with Crippen LogP contribution in [0.5, 0.6) is 0 Å². The SMILES string of the molecule is CCCCC[Si](CCCCC)(c1cc2c(-c3ccc(C)cc3)cccc2[cH-]1)c1cc2c(-c3ccc(C)cc3)cccc2[cH-]1.[CH3-].[CH3-].[Hf+4]. The Morgan fingerprint density at radius 1 is 0.522 bits per heavy atom. The quantitative estimate of drug-likeness (QED) is 0.0658. The van der Waals surface area contributed by atoms with Crippen LogP contribution in [-0.4, -0.2) is 8.07 Å². The Kier molecular flexibility index (Phi) is 13.8. The number of benzene rings is 4. The van der Waals surface area contributed by atoms with Gasteiger partial charge in [0.25, 0.3) is 0 Å². The molecule has 0 N–H and O–H groups in total. The van der Waals surface area contributed by atoms with Crippen molar-refractivity contribution >= 4 is 40.0 Å². The van der Waals surface area contributed by atoms with Crippen molar-refractivity contribution in [2.75, 3.05) is 0 Å². The summed E-state index contributed by atoms with van der Waals surface area (Å²) in [4.78, 5) is 0. The molecule has 6 aromatic rings. The molecule has 0 saturated carbocycles. The minimum absolute atomic E-state index is 0. The molecule has 0 spiro atoms. The molecule has 0 fully saturated rings. The molecule has 0 aliphatic heterocycles. The monoisotopic (exact) mass is 788 g/mol. The van der Waals surface area contributed by atoms with Crippen LogP contribution in [0.1, 0.15) is 63.5 Å². The molecular weight excluding hydrogens is 735 g/mol. The molecule has 0 aliphatic carbocycles. The maximum Gasteiger partial charge on any atom is 4.00 e. The van der Waals surface area contributed by atoms with Crippen LogP contribution < -0.4 is 10.4 Å². The maximum atomic E-state index is 2.62. The molecule has 2 heteroatoms. The van der Waals surface area contributed by atoms with E-state index >= 15 is 0 Å². The fourth-order valence-corrected chi connectivity index (χ4v) is 12.4. The minimum atomic E-state index is -2.05. The molecule has 0 unspecified atom stereocenters. The summed E-state index contributed by atoms with van der Waals surface area (Å²) in [7, 11) is -2.05. The van der Waals surface area contributed by atoms with Gasteiger partial charge in [-0.15, -0.1) is 68.3 Å². The van der Waals surface area contributed by atoms with Crippen molar-refractivity contribution in [2.45, 2.75) is 78.3 Å². The van der Waals surface area contributed by atoms with Crippen molar-refractivity contribution in [3.8, 4) is 22.3 Å². The zero-order valence-electron chi connectivity index (χ0n) is 29.0. The molecule has 6 rings (SSSR count). The molecule has 236 valence electrons. The fourth-order valence-electron chi connectivity index (χ4n) is 7.21. The van der Waals surface area contributed by atoms with E-state index < -0.39 is 8.07 Å². The summed E-state index contributed by atoms with van der Waals surface area (Å²) in [5.74, 6) is 0. The van der Waals surface area contributed by atoms with Crippen LogP contribution >= 0.6 is 0 Å². The molecule has 0 aromatic heterocycles. The maximum absolute atomic E-state index is 2.62. The average molecular weight is 787 g/mol. The van der Waals surface area contributed by atoms with Crippen molar-refractivity contribution in [1.82, 2.24) is 0 Å². The number of hydrogen-bond acceptors (Lipinski definition) is 0. The van der Waals surface area contributed by atoms with E-state index in [0.29, 0.717) is 0 Å². The normalized spacial score (nSPS) is 11.2. The van der Waals surface area contributed by atoms with Gasteiger partial charge in [-0.1, -0.05) is 147 Å². The molecule has 0 saturated heterocycles. The number of hydrogen-bond donors (Lipinski definition) is 0. The molecule has 0 nitrogen and oxygen atoms in total. The molecule has 0 heterocycles. The Labute approximate surface area is 299 Å². The minimum Gasteiger partial charge on any atom is -0.358 e. The second kappa shape index (κ2) is 16.8. The molecule has 0 aliphatic rings. The van der Waals surface area contributed by atoms with Gasteiger partial charge in [0.1, 0.15) is 0 Å². The average Bonchev–Trinajstić information content (AvgIpc) is 3.67. The van der Waals surface area contributed by atoms with Gasteiger partial charge in [0.2, 0.25) is 0 Å². The van der Waals surface area contributed by atoms with Crippen LogP contribution in [0.2, 0.25) is 12.1 Å². The van der Waals surface area contributed by atoms with E-state index in [1.54, 1.807) is 10.4 Å². The van der Waals surface area contributed by atoms with Gasteiger partial charge in [-0.05, 0) is 25.0 Å². The predicted octanol–water partition coefficient (Wildman–Crippen LogP) is 12.2. The van der Waals surface area contributed by atoms with E-state index in [2.05, 4.69) is 137 Å². The smallest absolute Gasteiger partial charge is 0.358 e. The van der Waals surface area contributed by atoms with Crippen LogP contribution in [0.15, 0.2) is 109 Å². The van der Waals surface area contributed by atoms with Gasteiger partial charge in [-0.2, -0.15) is 12.1 Å². The van der Waals surface area contributed by atoms with Crippen molar-refractivity contribution in [1.29, 1.82) is 0 Å². The van der Waals surface area contributed by atoms with Gasteiger partial charge in [-0.3, -0.25) is 0 Å². The van der Waals surface area contributed by atoms with Crippen LogP contribution in [0.25, 0.3) is 43.8 Å². The fraction of sp³-hybridized carbons (Fsp3) is 0.273. The molecule has 0 bridgehead atoms. The van der Waals surface area contributed by atoms with E-state index in [0.717, 1.165) is 0 Å². The molecule has 6 aromatic carbocycles. The summed E-state index contributed by atoms with van der Waals surface area (Å²) in [6.45, 7) is 9.03. The third-order valence-corrected chi connectivity index (χ3v) is 14.9. The zero-order chi connectivity index (χ0) is 29.8. The number of rotatable bonds is 12. The Balaban J connectivity index is 0.00000192. The van der Waals surface area contributed by atoms with Gasteiger partial charge in [0.05, 0.1) is 8.07 Å². The summed E-state index contributed by atoms with van der Waals surface area (Å²) >= 11 is 0. The number of unbranched alkanes of at least 4 members (excludes halogenated alkanes) is 4. The van der Waals surface area contributed by atoms with Gasteiger partial charge >= 0.3 is 25.8 Å². The first-order valence-corrected chi connectivity index (χ1v) is 19.0. The standard InChI is InChI=1S/C42H46Si.2CH3.Hf/c1-5-7-9-25-43(26-10-8-6-2,37-27-35-13-11-15-39(41(35)29-37)33-21-17-31(3)18-22-33)38-28-36-14-12-16-40(42(36)30-38)34-23-19-32(4)20-24-34;;;/h11-24,27-30H,5-10,25-26H2,1-4H3;2*1H3;/q-2;2*-1;+4. The third-order valence-electron chi connectivity index (χ3n) is 9.75.